The first-order valence-electron chi connectivity index (χ1n) is 10.3. The molecule has 0 saturated heterocycles. The van der Waals surface area contributed by atoms with Crippen LogP contribution in [0.3, 0.4) is 0 Å². The first-order valence-corrected chi connectivity index (χ1v) is 11.2. The van der Waals surface area contributed by atoms with Crippen molar-refractivity contribution in [3.8, 4) is 11.5 Å². The van der Waals surface area contributed by atoms with Crippen LogP contribution in [0, 0.1) is 6.92 Å². The highest BCUT2D eigenvalue weighted by Crippen LogP contribution is 2.29. The fourth-order valence-electron chi connectivity index (χ4n) is 3.29. The monoisotopic (exact) mass is 444 g/mol. The predicted octanol–water partition coefficient (Wildman–Crippen LogP) is 3.10. The van der Waals surface area contributed by atoms with E-state index in [1.54, 1.807) is 23.5 Å². The van der Waals surface area contributed by atoms with Crippen molar-refractivity contribution in [2.45, 2.75) is 45.6 Å². The van der Waals surface area contributed by atoms with E-state index in [0.29, 0.717) is 48.3 Å². The molecule has 2 aromatic heterocycles. The van der Waals surface area contributed by atoms with Gasteiger partial charge in [-0.05, 0) is 38.7 Å². The second kappa shape index (κ2) is 10.9. The molecular formula is C22H28N4O4S. The zero-order valence-electron chi connectivity index (χ0n) is 18.1. The van der Waals surface area contributed by atoms with Crippen LogP contribution >= 0.6 is 11.3 Å². The molecule has 0 aliphatic carbocycles. The summed E-state index contributed by atoms with van der Waals surface area (Å²) in [4.78, 5) is 33.6. The van der Waals surface area contributed by atoms with Gasteiger partial charge in [0.05, 0.1) is 36.5 Å². The molecule has 1 amide bonds. The second-order valence-corrected chi connectivity index (χ2v) is 8.20. The van der Waals surface area contributed by atoms with Gasteiger partial charge in [-0.15, -0.1) is 11.3 Å². The van der Waals surface area contributed by atoms with Gasteiger partial charge in [0.15, 0.2) is 11.5 Å². The summed E-state index contributed by atoms with van der Waals surface area (Å²) < 4.78 is 12.1. The first-order chi connectivity index (χ1) is 15.0. The first kappa shape index (κ1) is 22.7. The maximum atomic E-state index is 12.8. The third-order valence-electron chi connectivity index (χ3n) is 4.94. The maximum Gasteiger partial charge on any atom is 0.261 e. The SMILES string of the molecule is COc1cc2ncn(CCCC(=O)NCCCCc3nc(C)cs3)c(=O)c2cc1OC. The lowest BCUT2D eigenvalue weighted by molar-refractivity contribution is -0.121. The smallest absolute Gasteiger partial charge is 0.261 e. The average Bonchev–Trinajstić information content (AvgIpc) is 3.19. The molecule has 1 N–H and O–H groups in total. The van der Waals surface area contributed by atoms with E-state index in [2.05, 4.69) is 20.7 Å². The van der Waals surface area contributed by atoms with E-state index in [9.17, 15) is 9.59 Å². The van der Waals surface area contributed by atoms with Gasteiger partial charge in [-0.3, -0.25) is 14.2 Å². The number of fused-ring (bicyclic) bond motifs is 1. The number of aromatic nitrogens is 3. The minimum atomic E-state index is -0.163. The van der Waals surface area contributed by atoms with Crippen LogP contribution < -0.4 is 20.3 Å². The molecule has 166 valence electrons. The van der Waals surface area contributed by atoms with Crippen molar-refractivity contribution < 1.29 is 14.3 Å². The van der Waals surface area contributed by atoms with E-state index >= 15 is 0 Å². The quantitative estimate of drug-likeness (QED) is 0.457. The van der Waals surface area contributed by atoms with Gasteiger partial charge in [-0.1, -0.05) is 0 Å². The van der Waals surface area contributed by atoms with Crippen LogP contribution in [0.2, 0.25) is 0 Å². The van der Waals surface area contributed by atoms with Crippen LogP contribution in [-0.4, -0.2) is 41.2 Å². The molecule has 0 atom stereocenters. The average molecular weight is 445 g/mol. The Hall–Kier alpha value is -2.94. The molecule has 9 heteroatoms. The van der Waals surface area contributed by atoms with Crippen LogP contribution in [0.15, 0.2) is 28.6 Å². The van der Waals surface area contributed by atoms with Crippen molar-refractivity contribution in [2.75, 3.05) is 20.8 Å². The Bertz CT molecular complexity index is 1090. The molecule has 0 bridgehead atoms. The number of rotatable bonds is 11. The van der Waals surface area contributed by atoms with Crippen LogP contribution in [0.25, 0.3) is 10.9 Å². The summed E-state index contributed by atoms with van der Waals surface area (Å²) in [5.41, 5.74) is 1.45. The molecule has 3 rings (SSSR count). The number of methoxy groups -OCH3 is 2. The summed E-state index contributed by atoms with van der Waals surface area (Å²) in [7, 11) is 3.06. The molecule has 31 heavy (non-hydrogen) atoms. The topological polar surface area (TPSA) is 95.3 Å². The number of hydrogen-bond donors (Lipinski definition) is 1. The van der Waals surface area contributed by atoms with Gasteiger partial charge in [-0.25, -0.2) is 9.97 Å². The van der Waals surface area contributed by atoms with Crippen LogP contribution in [0.5, 0.6) is 11.5 Å². The van der Waals surface area contributed by atoms with Gasteiger partial charge in [0.2, 0.25) is 5.91 Å². The summed E-state index contributed by atoms with van der Waals surface area (Å²) in [5.74, 6) is 1.01. The Kier molecular flexibility index (Phi) is 8.00. The lowest BCUT2D eigenvalue weighted by Gasteiger charge is -2.10. The van der Waals surface area contributed by atoms with Gasteiger partial charge in [0.25, 0.3) is 5.56 Å². The molecule has 0 saturated carbocycles. The molecule has 1 aromatic carbocycles. The van der Waals surface area contributed by atoms with Crippen molar-refractivity contribution in [1.82, 2.24) is 19.9 Å². The highest BCUT2D eigenvalue weighted by Gasteiger charge is 2.11. The Labute approximate surface area is 185 Å². The Morgan fingerprint density at radius 3 is 2.65 bits per heavy atom. The number of benzene rings is 1. The van der Waals surface area contributed by atoms with Crippen molar-refractivity contribution in [3.63, 3.8) is 0 Å². The predicted molar refractivity (Wildman–Crippen MR) is 121 cm³/mol. The zero-order valence-corrected chi connectivity index (χ0v) is 19.0. The minimum absolute atomic E-state index is 0.00158. The van der Waals surface area contributed by atoms with Gasteiger partial charge in [0, 0.05) is 36.7 Å². The molecule has 3 aromatic rings. The number of nitrogens with one attached hydrogen (secondary N) is 1. The number of carbonyl (C=O) groups excluding carboxylic acids is 1. The lowest BCUT2D eigenvalue weighted by Crippen LogP contribution is -2.26. The Balaban J connectivity index is 1.44. The third kappa shape index (κ3) is 6.04. The number of thiazole rings is 1. The van der Waals surface area contributed by atoms with Crippen LogP contribution in [-0.2, 0) is 17.8 Å². The van der Waals surface area contributed by atoms with Gasteiger partial charge >= 0.3 is 0 Å². The van der Waals surface area contributed by atoms with E-state index < -0.39 is 0 Å². The van der Waals surface area contributed by atoms with Gasteiger partial charge < -0.3 is 14.8 Å². The third-order valence-corrected chi connectivity index (χ3v) is 5.96. The summed E-state index contributed by atoms with van der Waals surface area (Å²) in [6.45, 7) is 3.07. The van der Waals surface area contributed by atoms with E-state index in [-0.39, 0.29) is 11.5 Å². The summed E-state index contributed by atoms with van der Waals surface area (Å²) >= 11 is 1.68. The van der Waals surface area contributed by atoms with Crippen LogP contribution in [0.1, 0.15) is 36.4 Å². The largest absolute Gasteiger partial charge is 0.493 e. The normalized spacial score (nSPS) is 10.9. The van der Waals surface area contributed by atoms with E-state index in [1.165, 1.54) is 25.1 Å². The molecular weight excluding hydrogens is 416 g/mol. The molecule has 0 radical (unpaired) electrons. The Morgan fingerprint density at radius 1 is 1.16 bits per heavy atom. The fourth-order valence-corrected chi connectivity index (χ4v) is 4.11. The summed E-state index contributed by atoms with van der Waals surface area (Å²) in [5, 5.41) is 6.61. The molecule has 0 spiro atoms. The lowest BCUT2D eigenvalue weighted by atomic mass is 10.2. The summed E-state index contributed by atoms with van der Waals surface area (Å²) in [6, 6.07) is 3.32. The molecule has 0 fully saturated rings. The number of amides is 1. The number of aryl methyl sites for hydroxylation is 3. The molecule has 0 aliphatic rings. The van der Waals surface area contributed by atoms with Crippen molar-refractivity contribution in [1.29, 1.82) is 0 Å². The zero-order chi connectivity index (χ0) is 22.2. The van der Waals surface area contributed by atoms with Gasteiger partial charge in [-0.2, -0.15) is 0 Å². The van der Waals surface area contributed by atoms with Crippen LogP contribution in [0.4, 0.5) is 0 Å². The highest BCUT2D eigenvalue weighted by molar-refractivity contribution is 7.09. The van der Waals surface area contributed by atoms with Gasteiger partial charge in [0.1, 0.15) is 0 Å². The van der Waals surface area contributed by atoms with E-state index in [4.69, 9.17) is 9.47 Å². The standard InChI is InChI=1S/C22H28N4O4S/c1-15-13-31-21(25-15)8-4-5-9-23-20(27)7-6-10-26-14-24-17-12-19(30-3)18(29-2)11-16(17)22(26)28/h11-14H,4-10H2,1-3H3,(H,23,27). The second-order valence-electron chi connectivity index (χ2n) is 7.26. The Morgan fingerprint density at radius 2 is 1.94 bits per heavy atom. The minimum Gasteiger partial charge on any atom is -0.493 e. The fraction of sp³-hybridized carbons (Fsp3) is 0.455. The highest BCUT2D eigenvalue weighted by atomic mass is 32.1. The van der Waals surface area contributed by atoms with E-state index in [0.717, 1.165) is 30.0 Å². The number of hydrogen-bond acceptors (Lipinski definition) is 7. The van der Waals surface area contributed by atoms with Crippen molar-refractivity contribution in [2.24, 2.45) is 0 Å². The van der Waals surface area contributed by atoms with Crippen molar-refractivity contribution in [3.05, 3.63) is 44.9 Å². The maximum absolute atomic E-state index is 12.8. The van der Waals surface area contributed by atoms with E-state index in [1.807, 2.05) is 6.92 Å². The molecule has 8 nitrogen and oxygen atoms in total. The van der Waals surface area contributed by atoms with Crippen molar-refractivity contribution >= 4 is 28.1 Å². The molecule has 0 aliphatic heterocycles. The number of nitrogens with zero attached hydrogens (tertiary/aromatic N) is 3. The number of carbonyl (C=O) groups is 1. The molecule has 2 heterocycles. The number of unbranched alkanes of at least 4 members (excludes halogenated alkanes) is 1. The molecule has 0 unspecified atom stereocenters. The number of ether oxygens (including phenoxy) is 2. The summed E-state index contributed by atoms with van der Waals surface area (Å²) in [6.07, 6.45) is 5.30.